The summed E-state index contributed by atoms with van der Waals surface area (Å²) in [5.41, 5.74) is 2.53. The summed E-state index contributed by atoms with van der Waals surface area (Å²) in [4.78, 5) is 25.6. The third kappa shape index (κ3) is 3.53. The van der Waals surface area contributed by atoms with Gasteiger partial charge >= 0.3 is 6.09 Å². The third-order valence-corrected chi connectivity index (χ3v) is 4.34. The number of hydrogen-bond acceptors (Lipinski definition) is 4. The van der Waals surface area contributed by atoms with Gasteiger partial charge in [0.25, 0.3) is 5.91 Å². The number of halogens is 1. The van der Waals surface area contributed by atoms with E-state index in [2.05, 4.69) is 5.32 Å². The molecule has 1 N–H and O–H groups in total. The predicted molar refractivity (Wildman–Crippen MR) is 95.8 cm³/mol. The van der Waals surface area contributed by atoms with Crippen LogP contribution in [0.5, 0.6) is 5.75 Å². The summed E-state index contributed by atoms with van der Waals surface area (Å²) >= 11 is 6.07. The number of nitrogens with one attached hydrogen (secondary N) is 1. The first-order chi connectivity index (χ1) is 12.0. The Kier molecular flexibility index (Phi) is 4.81. The molecule has 130 valence electrons. The highest BCUT2D eigenvalue weighted by atomic mass is 35.5. The largest absolute Gasteiger partial charge is 0.495 e. The molecule has 1 heterocycles. The maximum Gasteiger partial charge on any atom is 0.414 e. The number of rotatable bonds is 4. The average molecular weight is 361 g/mol. The molecule has 0 saturated carbocycles. The molecule has 7 heteroatoms. The third-order valence-electron chi connectivity index (χ3n) is 3.93. The topological polar surface area (TPSA) is 67.9 Å². The minimum atomic E-state index is -0.376. The number of benzene rings is 2. The van der Waals surface area contributed by atoms with E-state index >= 15 is 0 Å². The zero-order valence-electron chi connectivity index (χ0n) is 13.8. The maximum atomic E-state index is 12.5. The van der Waals surface area contributed by atoms with Gasteiger partial charge in [0.15, 0.2) is 0 Å². The van der Waals surface area contributed by atoms with Gasteiger partial charge in [0.2, 0.25) is 0 Å². The molecule has 1 aliphatic heterocycles. The normalized spacial score (nSPS) is 13.6. The Hall–Kier alpha value is -2.73. The average Bonchev–Trinajstić information content (AvgIpc) is 3.04. The number of methoxy groups -OCH3 is 1. The van der Waals surface area contributed by atoms with Gasteiger partial charge in [-0.15, -0.1) is 0 Å². The zero-order chi connectivity index (χ0) is 18.0. The van der Waals surface area contributed by atoms with Crippen molar-refractivity contribution >= 4 is 35.0 Å². The highest BCUT2D eigenvalue weighted by molar-refractivity contribution is 6.31. The van der Waals surface area contributed by atoms with E-state index in [0.29, 0.717) is 40.9 Å². The lowest BCUT2D eigenvalue weighted by molar-refractivity contribution is 0.102. The van der Waals surface area contributed by atoms with Crippen LogP contribution in [0.15, 0.2) is 36.4 Å². The van der Waals surface area contributed by atoms with Crippen LogP contribution >= 0.6 is 11.6 Å². The first kappa shape index (κ1) is 17.1. The lowest BCUT2D eigenvalue weighted by atomic mass is 10.1. The number of aryl methyl sites for hydroxylation is 1. The van der Waals surface area contributed by atoms with Crippen molar-refractivity contribution in [1.29, 1.82) is 0 Å². The standard InChI is InChI=1S/C18H17ClN2O4/c1-11-9-15(16(24-2)10-14(11)19)20-17(22)12-3-5-13(6-4-12)21-7-8-25-18(21)23/h3-6,9-10H,7-8H2,1-2H3,(H,20,22). The van der Waals surface area contributed by atoms with Crippen LogP contribution < -0.4 is 15.0 Å². The smallest absolute Gasteiger partial charge is 0.414 e. The quantitative estimate of drug-likeness (QED) is 0.898. The summed E-state index contributed by atoms with van der Waals surface area (Å²) in [5, 5.41) is 3.38. The van der Waals surface area contributed by atoms with E-state index in [-0.39, 0.29) is 12.0 Å². The van der Waals surface area contributed by atoms with Crippen LogP contribution in [-0.4, -0.2) is 32.3 Å². The monoisotopic (exact) mass is 360 g/mol. The SMILES string of the molecule is COc1cc(Cl)c(C)cc1NC(=O)c1ccc(N2CCOC2=O)cc1. The van der Waals surface area contributed by atoms with Crippen molar-refractivity contribution in [2.45, 2.75) is 6.92 Å². The van der Waals surface area contributed by atoms with Crippen LogP contribution in [0.4, 0.5) is 16.2 Å². The molecule has 0 atom stereocenters. The summed E-state index contributed by atoms with van der Waals surface area (Å²) in [6.07, 6.45) is -0.376. The number of carbonyl (C=O) groups is 2. The molecule has 0 unspecified atom stereocenters. The first-order valence-corrected chi connectivity index (χ1v) is 8.07. The molecule has 0 aromatic heterocycles. The van der Waals surface area contributed by atoms with Crippen molar-refractivity contribution in [2.75, 3.05) is 30.5 Å². The number of nitrogens with zero attached hydrogens (tertiary/aromatic N) is 1. The summed E-state index contributed by atoms with van der Waals surface area (Å²) in [5.74, 6) is 0.205. The Balaban J connectivity index is 1.78. The van der Waals surface area contributed by atoms with E-state index in [1.165, 1.54) is 12.0 Å². The highest BCUT2D eigenvalue weighted by Gasteiger charge is 2.23. The second-order valence-electron chi connectivity index (χ2n) is 5.57. The second-order valence-corrected chi connectivity index (χ2v) is 5.98. The Morgan fingerprint density at radius 2 is 2.00 bits per heavy atom. The second kappa shape index (κ2) is 7.03. The van der Waals surface area contributed by atoms with Crippen LogP contribution in [-0.2, 0) is 4.74 Å². The minimum absolute atomic E-state index is 0.282. The van der Waals surface area contributed by atoms with Gasteiger partial charge in [-0.3, -0.25) is 9.69 Å². The molecule has 1 saturated heterocycles. The molecule has 3 rings (SSSR count). The fraction of sp³-hybridized carbons (Fsp3) is 0.222. The van der Waals surface area contributed by atoms with E-state index < -0.39 is 0 Å². The molecule has 2 aromatic rings. The van der Waals surface area contributed by atoms with Gasteiger partial charge in [-0.05, 0) is 42.8 Å². The molecule has 0 radical (unpaired) electrons. The number of amides is 2. The Morgan fingerprint density at radius 3 is 2.60 bits per heavy atom. The molecule has 2 amide bonds. The van der Waals surface area contributed by atoms with Gasteiger partial charge in [-0.2, -0.15) is 0 Å². The highest BCUT2D eigenvalue weighted by Crippen LogP contribution is 2.31. The fourth-order valence-corrected chi connectivity index (χ4v) is 2.70. The van der Waals surface area contributed by atoms with E-state index in [0.717, 1.165) is 5.56 Å². The van der Waals surface area contributed by atoms with Crippen molar-refractivity contribution in [3.8, 4) is 5.75 Å². The summed E-state index contributed by atoms with van der Waals surface area (Å²) in [7, 11) is 1.51. The van der Waals surface area contributed by atoms with Crippen molar-refractivity contribution in [1.82, 2.24) is 0 Å². The van der Waals surface area contributed by atoms with Gasteiger partial charge in [0.1, 0.15) is 12.4 Å². The van der Waals surface area contributed by atoms with E-state index in [1.54, 1.807) is 36.4 Å². The van der Waals surface area contributed by atoms with Gasteiger partial charge in [-0.25, -0.2) is 4.79 Å². The van der Waals surface area contributed by atoms with Gasteiger partial charge in [0.05, 0.1) is 19.3 Å². The number of hydrogen-bond donors (Lipinski definition) is 1. The van der Waals surface area contributed by atoms with Crippen LogP contribution in [0.3, 0.4) is 0 Å². The van der Waals surface area contributed by atoms with Crippen LogP contribution in [0.1, 0.15) is 15.9 Å². The lowest BCUT2D eigenvalue weighted by Crippen LogP contribution is -2.23. The number of anilines is 2. The van der Waals surface area contributed by atoms with Crippen molar-refractivity contribution in [3.63, 3.8) is 0 Å². The van der Waals surface area contributed by atoms with Crippen LogP contribution in [0.2, 0.25) is 5.02 Å². The Bertz CT molecular complexity index is 821. The minimum Gasteiger partial charge on any atom is -0.495 e. The Morgan fingerprint density at radius 1 is 1.28 bits per heavy atom. The molecular formula is C18H17ClN2O4. The zero-order valence-corrected chi connectivity index (χ0v) is 14.6. The number of carbonyl (C=O) groups excluding carboxylic acids is 2. The van der Waals surface area contributed by atoms with Crippen molar-refractivity contribution in [2.24, 2.45) is 0 Å². The molecule has 25 heavy (non-hydrogen) atoms. The first-order valence-electron chi connectivity index (χ1n) is 7.69. The predicted octanol–water partition coefficient (Wildman–Crippen LogP) is 3.87. The lowest BCUT2D eigenvalue weighted by Gasteiger charge is -2.14. The summed E-state index contributed by atoms with van der Waals surface area (Å²) in [6, 6.07) is 10.2. The van der Waals surface area contributed by atoms with E-state index in [1.807, 2.05) is 6.92 Å². The van der Waals surface area contributed by atoms with Gasteiger partial charge in [0, 0.05) is 22.3 Å². The van der Waals surface area contributed by atoms with Crippen molar-refractivity contribution < 1.29 is 19.1 Å². The molecule has 0 spiro atoms. The van der Waals surface area contributed by atoms with Gasteiger partial charge < -0.3 is 14.8 Å². The van der Waals surface area contributed by atoms with Crippen LogP contribution in [0, 0.1) is 6.92 Å². The van der Waals surface area contributed by atoms with Gasteiger partial charge in [-0.1, -0.05) is 11.6 Å². The molecule has 0 bridgehead atoms. The molecule has 1 aliphatic rings. The number of cyclic esters (lactones) is 1. The molecule has 2 aromatic carbocycles. The van der Waals surface area contributed by atoms with Crippen LogP contribution in [0.25, 0.3) is 0 Å². The summed E-state index contributed by atoms with van der Waals surface area (Å²) in [6.45, 7) is 2.73. The van der Waals surface area contributed by atoms with E-state index in [9.17, 15) is 9.59 Å². The molecule has 1 fully saturated rings. The van der Waals surface area contributed by atoms with Crippen molar-refractivity contribution in [3.05, 3.63) is 52.5 Å². The molecule has 6 nitrogen and oxygen atoms in total. The molecular weight excluding hydrogens is 344 g/mol. The maximum absolute atomic E-state index is 12.5. The summed E-state index contributed by atoms with van der Waals surface area (Å²) < 4.78 is 10.2. The fourth-order valence-electron chi connectivity index (χ4n) is 2.55. The van der Waals surface area contributed by atoms with E-state index in [4.69, 9.17) is 21.1 Å². The Labute approximate surface area is 150 Å². The number of ether oxygens (including phenoxy) is 2. The molecule has 0 aliphatic carbocycles.